The van der Waals surface area contributed by atoms with E-state index >= 15 is 0 Å². The molecule has 0 saturated carbocycles. The molecule has 32 heavy (non-hydrogen) atoms. The summed E-state index contributed by atoms with van der Waals surface area (Å²) in [6, 6.07) is 17.8. The second kappa shape index (κ2) is 10.3. The Balaban J connectivity index is 1.48. The zero-order valence-electron chi connectivity index (χ0n) is 18.7. The fourth-order valence-electron chi connectivity index (χ4n) is 4.24. The number of rotatable bonds is 7. The summed E-state index contributed by atoms with van der Waals surface area (Å²) in [5, 5.41) is 4.01. The molecule has 1 atom stereocenters. The van der Waals surface area contributed by atoms with Crippen LogP contribution in [0, 0.1) is 5.92 Å². The monoisotopic (exact) mass is 450 g/mol. The van der Waals surface area contributed by atoms with Crippen molar-refractivity contribution in [3.8, 4) is 0 Å². The zero-order valence-corrected chi connectivity index (χ0v) is 19.5. The van der Waals surface area contributed by atoms with Crippen molar-refractivity contribution in [3.05, 3.63) is 70.4 Å². The predicted octanol–water partition coefficient (Wildman–Crippen LogP) is 4.47. The first-order chi connectivity index (χ1) is 15.5. The summed E-state index contributed by atoms with van der Waals surface area (Å²) in [4.78, 5) is 31.2. The summed E-state index contributed by atoms with van der Waals surface area (Å²) in [5.74, 6) is 0.465. The van der Waals surface area contributed by atoms with Crippen LogP contribution in [0.2, 0.25) is 0 Å². The van der Waals surface area contributed by atoms with Crippen LogP contribution in [-0.4, -0.2) is 60.5 Å². The highest BCUT2D eigenvalue weighted by molar-refractivity contribution is 7.10. The van der Waals surface area contributed by atoms with E-state index in [0.717, 1.165) is 15.6 Å². The summed E-state index contributed by atoms with van der Waals surface area (Å²) >= 11 is 1.60. The van der Waals surface area contributed by atoms with Gasteiger partial charge >= 0.3 is 0 Å². The smallest absolute Gasteiger partial charge is 0.254 e. The highest BCUT2D eigenvalue weighted by Crippen LogP contribution is 2.21. The molecule has 3 aromatic rings. The van der Waals surface area contributed by atoms with Gasteiger partial charge < -0.3 is 14.5 Å². The number of carbonyl (C=O) groups is 2. The normalized spacial score (nSPS) is 16.5. The van der Waals surface area contributed by atoms with Crippen molar-refractivity contribution < 1.29 is 14.3 Å². The molecule has 0 spiro atoms. The third-order valence-corrected chi connectivity index (χ3v) is 6.59. The second-order valence-corrected chi connectivity index (χ2v) is 9.75. The molecule has 1 aliphatic rings. The largest absolute Gasteiger partial charge is 0.373 e. The number of hydrogen-bond acceptors (Lipinski definition) is 4. The Morgan fingerprint density at radius 2 is 1.94 bits per heavy atom. The third-order valence-electron chi connectivity index (χ3n) is 5.71. The van der Waals surface area contributed by atoms with Gasteiger partial charge in [0.25, 0.3) is 5.91 Å². The minimum atomic E-state index is -0.186. The highest BCUT2D eigenvalue weighted by Gasteiger charge is 2.28. The van der Waals surface area contributed by atoms with Crippen LogP contribution in [0.25, 0.3) is 10.8 Å². The van der Waals surface area contributed by atoms with Gasteiger partial charge in [-0.3, -0.25) is 9.59 Å². The van der Waals surface area contributed by atoms with Crippen molar-refractivity contribution in [2.75, 3.05) is 32.8 Å². The molecule has 168 valence electrons. The van der Waals surface area contributed by atoms with E-state index in [1.54, 1.807) is 11.3 Å². The molecule has 0 bridgehead atoms. The van der Waals surface area contributed by atoms with Crippen LogP contribution < -0.4 is 0 Å². The quantitative estimate of drug-likeness (QED) is 0.534. The molecule has 0 N–H and O–H groups in total. The number of amides is 2. The number of hydrogen-bond donors (Lipinski definition) is 0. The van der Waals surface area contributed by atoms with Gasteiger partial charge in [0.2, 0.25) is 5.91 Å². The Bertz CT molecular complexity index is 1060. The van der Waals surface area contributed by atoms with Crippen molar-refractivity contribution in [1.82, 2.24) is 9.80 Å². The van der Waals surface area contributed by atoms with Crippen LogP contribution in [0.4, 0.5) is 0 Å². The summed E-state index contributed by atoms with van der Waals surface area (Å²) in [6.07, 6.45) is 0.239. The van der Waals surface area contributed by atoms with Gasteiger partial charge in [-0.05, 0) is 34.2 Å². The molecule has 5 nitrogen and oxygen atoms in total. The zero-order chi connectivity index (χ0) is 22.5. The molecule has 1 unspecified atom stereocenters. The maximum atomic E-state index is 13.6. The topological polar surface area (TPSA) is 49.9 Å². The second-order valence-electron chi connectivity index (χ2n) is 8.72. The Morgan fingerprint density at radius 3 is 2.72 bits per heavy atom. The number of carbonyl (C=O) groups excluding carboxylic acids is 2. The van der Waals surface area contributed by atoms with E-state index in [-0.39, 0.29) is 17.9 Å². The number of benzene rings is 2. The standard InChI is InChI=1S/C26H30N2O3S/c1-19(2)16-28(26(30)24-11-5-8-20-7-3-4-10-23(20)24)18-21-17-27(12-13-31-21)25(29)15-22-9-6-14-32-22/h3-11,14,19,21H,12-13,15-18H2,1-2H3. The molecule has 2 amide bonds. The lowest BCUT2D eigenvalue weighted by molar-refractivity contribution is -0.138. The van der Waals surface area contributed by atoms with Crippen molar-refractivity contribution in [2.24, 2.45) is 5.92 Å². The molecule has 6 heteroatoms. The van der Waals surface area contributed by atoms with E-state index in [1.807, 2.05) is 69.8 Å². The first kappa shape index (κ1) is 22.5. The fraction of sp³-hybridized carbons (Fsp3) is 0.385. The maximum absolute atomic E-state index is 13.6. The maximum Gasteiger partial charge on any atom is 0.254 e. The first-order valence-corrected chi connectivity index (χ1v) is 12.1. The van der Waals surface area contributed by atoms with Gasteiger partial charge in [0.05, 0.1) is 19.1 Å². The van der Waals surface area contributed by atoms with E-state index in [2.05, 4.69) is 13.8 Å². The Morgan fingerprint density at radius 1 is 1.12 bits per heavy atom. The van der Waals surface area contributed by atoms with Crippen LogP contribution in [0.5, 0.6) is 0 Å². The van der Waals surface area contributed by atoms with Gasteiger partial charge in [0, 0.05) is 36.6 Å². The molecule has 1 fully saturated rings. The van der Waals surface area contributed by atoms with Gasteiger partial charge in [0.15, 0.2) is 0 Å². The fourth-order valence-corrected chi connectivity index (χ4v) is 4.94. The summed E-state index contributed by atoms with van der Waals surface area (Å²) in [5.41, 5.74) is 0.713. The average molecular weight is 451 g/mol. The number of fused-ring (bicyclic) bond motifs is 1. The number of ether oxygens (including phenoxy) is 1. The van der Waals surface area contributed by atoms with Gasteiger partial charge in [-0.15, -0.1) is 11.3 Å². The van der Waals surface area contributed by atoms with Crippen molar-refractivity contribution >= 4 is 33.9 Å². The molecule has 4 rings (SSSR count). The van der Waals surface area contributed by atoms with Crippen LogP contribution in [0.3, 0.4) is 0 Å². The SMILES string of the molecule is CC(C)CN(CC1CN(C(=O)Cc2cccs2)CCO1)C(=O)c1cccc2ccccc12. The molecule has 0 aliphatic carbocycles. The molecule has 1 aliphatic heterocycles. The van der Waals surface area contributed by atoms with Gasteiger partial charge in [-0.25, -0.2) is 0 Å². The third kappa shape index (κ3) is 5.37. The molecular formula is C26H30N2O3S. The molecule has 0 radical (unpaired) electrons. The van der Waals surface area contributed by atoms with Crippen LogP contribution in [-0.2, 0) is 16.0 Å². The van der Waals surface area contributed by atoms with E-state index in [4.69, 9.17) is 4.74 Å². The average Bonchev–Trinajstić information content (AvgIpc) is 3.31. The van der Waals surface area contributed by atoms with E-state index in [9.17, 15) is 9.59 Å². The summed E-state index contributed by atoms with van der Waals surface area (Å²) in [7, 11) is 0. The molecule has 1 saturated heterocycles. The summed E-state index contributed by atoms with van der Waals surface area (Å²) in [6.45, 7) is 6.96. The number of nitrogens with zero attached hydrogens (tertiary/aromatic N) is 2. The summed E-state index contributed by atoms with van der Waals surface area (Å²) < 4.78 is 5.99. The van der Waals surface area contributed by atoms with Crippen molar-refractivity contribution in [2.45, 2.75) is 26.4 Å². The van der Waals surface area contributed by atoms with Gasteiger partial charge in [-0.1, -0.05) is 56.3 Å². The Kier molecular flexibility index (Phi) is 7.22. The van der Waals surface area contributed by atoms with Gasteiger partial charge in [-0.2, -0.15) is 0 Å². The van der Waals surface area contributed by atoms with Crippen molar-refractivity contribution in [1.29, 1.82) is 0 Å². The number of morpholine rings is 1. The van der Waals surface area contributed by atoms with Gasteiger partial charge in [0.1, 0.15) is 0 Å². The van der Waals surface area contributed by atoms with E-state index in [0.29, 0.717) is 50.7 Å². The molecule has 2 aromatic carbocycles. The number of thiophene rings is 1. The lowest BCUT2D eigenvalue weighted by atomic mass is 10.0. The Labute approximate surface area is 193 Å². The van der Waals surface area contributed by atoms with E-state index < -0.39 is 0 Å². The minimum absolute atomic E-state index is 0.0149. The van der Waals surface area contributed by atoms with Crippen molar-refractivity contribution in [3.63, 3.8) is 0 Å². The van der Waals surface area contributed by atoms with Crippen LogP contribution in [0.1, 0.15) is 29.1 Å². The Hall–Kier alpha value is -2.70. The first-order valence-electron chi connectivity index (χ1n) is 11.2. The minimum Gasteiger partial charge on any atom is -0.373 e. The van der Waals surface area contributed by atoms with Crippen LogP contribution >= 0.6 is 11.3 Å². The van der Waals surface area contributed by atoms with Crippen LogP contribution in [0.15, 0.2) is 60.0 Å². The molecular weight excluding hydrogens is 420 g/mol. The lowest BCUT2D eigenvalue weighted by Crippen LogP contribution is -2.51. The molecule has 1 aromatic heterocycles. The molecule has 2 heterocycles. The lowest BCUT2D eigenvalue weighted by Gasteiger charge is -2.36. The highest BCUT2D eigenvalue weighted by atomic mass is 32.1. The van der Waals surface area contributed by atoms with E-state index in [1.165, 1.54) is 0 Å². The predicted molar refractivity (Wildman–Crippen MR) is 129 cm³/mol.